The average Bonchev–Trinajstić information content (AvgIpc) is 2.85. The molecule has 3 aromatic carbocycles. The van der Waals surface area contributed by atoms with E-state index in [4.69, 9.17) is 0 Å². The lowest BCUT2D eigenvalue weighted by atomic mass is 9.88. The van der Waals surface area contributed by atoms with Gasteiger partial charge in [-0.3, -0.25) is 4.90 Å². The topological polar surface area (TPSA) is 6.48 Å². The van der Waals surface area contributed by atoms with Crippen LogP contribution in [0.5, 0.6) is 0 Å². The molecule has 0 saturated carbocycles. The Morgan fingerprint density at radius 2 is 1.31 bits per heavy atom. The Morgan fingerprint density at radius 3 is 1.88 bits per heavy atom. The van der Waals surface area contributed by atoms with E-state index in [1.807, 2.05) is 11.8 Å². The van der Waals surface area contributed by atoms with E-state index < -0.39 is 0 Å². The van der Waals surface area contributed by atoms with Crippen molar-refractivity contribution in [2.75, 3.05) is 31.1 Å². The molecule has 0 aliphatic carbocycles. The molecule has 5 rings (SSSR count). The Labute approximate surface area is 197 Å². The molecule has 164 valence electrons. The first-order valence-electron chi connectivity index (χ1n) is 11.9. The SMILES string of the molecule is CCN(CC)c1ccc(CN2CCC(=C3c4ccccc4Sc4ccccc43)CC2)cc1. The Kier molecular flexibility index (Phi) is 6.38. The van der Waals surface area contributed by atoms with Crippen molar-refractivity contribution in [3.8, 4) is 0 Å². The second kappa shape index (κ2) is 9.56. The summed E-state index contributed by atoms with van der Waals surface area (Å²) < 4.78 is 0. The number of nitrogens with zero attached hydrogens (tertiary/aromatic N) is 2. The maximum atomic E-state index is 2.62. The van der Waals surface area contributed by atoms with Gasteiger partial charge in [-0.25, -0.2) is 0 Å². The van der Waals surface area contributed by atoms with E-state index in [-0.39, 0.29) is 0 Å². The summed E-state index contributed by atoms with van der Waals surface area (Å²) in [6, 6.07) is 27.1. The summed E-state index contributed by atoms with van der Waals surface area (Å²) in [7, 11) is 0. The Balaban J connectivity index is 1.33. The lowest BCUT2D eigenvalue weighted by Crippen LogP contribution is -2.30. The zero-order valence-electron chi connectivity index (χ0n) is 19.2. The number of anilines is 1. The van der Waals surface area contributed by atoms with E-state index in [1.54, 1.807) is 5.57 Å². The van der Waals surface area contributed by atoms with Crippen LogP contribution >= 0.6 is 11.8 Å². The van der Waals surface area contributed by atoms with Crippen LogP contribution in [0.1, 0.15) is 43.4 Å². The van der Waals surface area contributed by atoms with Crippen molar-refractivity contribution < 1.29 is 0 Å². The quantitative estimate of drug-likeness (QED) is 0.327. The molecule has 0 radical (unpaired) electrons. The molecule has 2 heterocycles. The first-order chi connectivity index (χ1) is 15.8. The van der Waals surface area contributed by atoms with Crippen molar-refractivity contribution in [2.45, 2.75) is 43.0 Å². The molecule has 0 amide bonds. The smallest absolute Gasteiger partial charge is 0.0366 e. The van der Waals surface area contributed by atoms with Gasteiger partial charge in [0, 0.05) is 48.2 Å². The normalized spacial score (nSPS) is 15.9. The summed E-state index contributed by atoms with van der Waals surface area (Å²) in [6.07, 6.45) is 2.31. The monoisotopic (exact) mass is 440 g/mol. The van der Waals surface area contributed by atoms with Gasteiger partial charge in [0.15, 0.2) is 0 Å². The molecule has 0 bridgehead atoms. The molecule has 2 nitrogen and oxygen atoms in total. The van der Waals surface area contributed by atoms with E-state index in [1.165, 1.54) is 37.7 Å². The summed E-state index contributed by atoms with van der Waals surface area (Å²) in [5.74, 6) is 0. The molecule has 3 heteroatoms. The van der Waals surface area contributed by atoms with E-state index in [0.29, 0.717) is 0 Å². The largest absolute Gasteiger partial charge is 0.372 e. The number of hydrogen-bond donors (Lipinski definition) is 0. The molecule has 1 fully saturated rings. The maximum absolute atomic E-state index is 2.62. The molecule has 0 aromatic heterocycles. The minimum absolute atomic E-state index is 1.05. The third kappa shape index (κ3) is 4.24. The summed E-state index contributed by atoms with van der Waals surface area (Å²) in [4.78, 5) is 7.81. The van der Waals surface area contributed by atoms with Crippen molar-refractivity contribution in [2.24, 2.45) is 0 Å². The number of rotatable bonds is 5. The van der Waals surface area contributed by atoms with Crippen LogP contribution < -0.4 is 4.90 Å². The number of likely N-dealkylation sites (tertiary alicyclic amines) is 1. The third-order valence-corrected chi connectivity index (χ3v) is 7.97. The fourth-order valence-electron chi connectivity index (χ4n) is 5.06. The molecule has 32 heavy (non-hydrogen) atoms. The van der Waals surface area contributed by atoms with Gasteiger partial charge in [-0.2, -0.15) is 0 Å². The van der Waals surface area contributed by atoms with Crippen molar-refractivity contribution in [1.29, 1.82) is 0 Å². The zero-order valence-corrected chi connectivity index (χ0v) is 20.0. The molecular weight excluding hydrogens is 408 g/mol. The van der Waals surface area contributed by atoms with Gasteiger partial charge in [0.2, 0.25) is 0 Å². The first kappa shape index (κ1) is 21.4. The van der Waals surface area contributed by atoms with Crippen molar-refractivity contribution in [1.82, 2.24) is 4.90 Å². The van der Waals surface area contributed by atoms with Gasteiger partial charge in [0.05, 0.1) is 0 Å². The summed E-state index contributed by atoms with van der Waals surface area (Å²) in [5.41, 5.74) is 8.72. The number of fused-ring (bicyclic) bond motifs is 2. The van der Waals surface area contributed by atoms with Crippen molar-refractivity contribution in [3.05, 3.63) is 95.1 Å². The number of hydrogen-bond acceptors (Lipinski definition) is 3. The number of piperidine rings is 1. The first-order valence-corrected chi connectivity index (χ1v) is 12.7. The second-order valence-corrected chi connectivity index (χ2v) is 9.77. The van der Waals surface area contributed by atoms with Crippen LogP contribution in [0.3, 0.4) is 0 Å². The van der Waals surface area contributed by atoms with Crippen molar-refractivity contribution >= 4 is 23.0 Å². The minimum Gasteiger partial charge on any atom is -0.372 e. The molecule has 2 aliphatic heterocycles. The van der Waals surface area contributed by atoms with E-state index in [9.17, 15) is 0 Å². The molecule has 0 N–H and O–H groups in total. The highest BCUT2D eigenvalue weighted by Gasteiger charge is 2.25. The molecule has 0 spiro atoms. The van der Waals surface area contributed by atoms with E-state index >= 15 is 0 Å². The highest BCUT2D eigenvalue weighted by atomic mass is 32.2. The maximum Gasteiger partial charge on any atom is 0.0366 e. The third-order valence-electron chi connectivity index (χ3n) is 6.82. The van der Waals surface area contributed by atoms with Gasteiger partial charge < -0.3 is 4.90 Å². The summed E-state index contributed by atoms with van der Waals surface area (Å²) >= 11 is 1.91. The van der Waals surface area contributed by atoms with E-state index in [0.717, 1.165) is 45.6 Å². The van der Waals surface area contributed by atoms with Crippen LogP contribution in [-0.4, -0.2) is 31.1 Å². The fourth-order valence-corrected chi connectivity index (χ4v) is 6.15. The Hall–Kier alpha value is -2.49. The fraction of sp³-hybridized carbons (Fsp3) is 0.310. The van der Waals surface area contributed by atoms with Crippen LogP contribution in [0.15, 0.2) is 88.2 Å². The lowest BCUT2D eigenvalue weighted by Gasteiger charge is -2.32. The van der Waals surface area contributed by atoms with Gasteiger partial charge >= 0.3 is 0 Å². The van der Waals surface area contributed by atoms with Crippen LogP contribution in [0, 0.1) is 0 Å². The van der Waals surface area contributed by atoms with E-state index in [2.05, 4.69) is 96.4 Å². The predicted molar refractivity (Wildman–Crippen MR) is 138 cm³/mol. The van der Waals surface area contributed by atoms with Gasteiger partial charge in [0.25, 0.3) is 0 Å². The Bertz CT molecular complexity index is 1050. The highest BCUT2D eigenvalue weighted by Crippen LogP contribution is 2.47. The van der Waals surface area contributed by atoms with Gasteiger partial charge in [-0.05, 0) is 73.2 Å². The highest BCUT2D eigenvalue weighted by molar-refractivity contribution is 7.99. The molecule has 3 aromatic rings. The molecule has 1 saturated heterocycles. The summed E-state index contributed by atoms with van der Waals surface area (Å²) in [6.45, 7) is 9.87. The molecule has 2 aliphatic rings. The average molecular weight is 441 g/mol. The molecule has 0 atom stereocenters. The zero-order chi connectivity index (χ0) is 21.9. The lowest BCUT2D eigenvalue weighted by molar-refractivity contribution is 0.248. The Morgan fingerprint density at radius 1 is 0.750 bits per heavy atom. The molecular formula is C29H32N2S. The van der Waals surface area contributed by atoms with Crippen LogP contribution in [-0.2, 0) is 6.54 Å². The van der Waals surface area contributed by atoms with Gasteiger partial charge in [-0.1, -0.05) is 65.9 Å². The minimum atomic E-state index is 1.05. The van der Waals surface area contributed by atoms with Crippen LogP contribution in [0.2, 0.25) is 0 Å². The number of benzene rings is 3. The molecule has 0 unspecified atom stereocenters. The van der Waals surface area contributed by atoms with Gasteiger partial charge in [0.1, 0.15) is 0 Å². The predicted octanol–water partition coefficient (Wildman–Crippen LogP) is 7.10. The standard InChI is InChI=1S/C29H32N2S/c1-3-31(4-2)24-15-13-22(14-16-24)21-30-19-17-23(18-20-30)29-25-9-5-7-11-27(25)32-28-12-8-6-10-26(28)29/h5-16H,3-4,17-21H2,1-2H3. The summed E-state index contributed by atoms with van der Waals surface area (Å²) in [5, 5.41) is 0. The van der Waals surface area contributed by atoms with Gasteiger partial charge in [-0.15, -0.1) is 0 Å². The second-order valence-electron chi connectivity index (χ2n) is 8.69. The van der Waals surface area contributed by atoms with Crippen LogP contribution in [0.25, 0.3) is 5.57 Å². The van der Waals surface area contributed by atoms with Crippen molar-refractivity contribution in [3.63, 3.8) is 0 Å². The van der Waals surface area contributed by atoms with Crippen LogP contribution in [0.4, 0.5) is 5.69 Å².